The van der Waals surface area contributed by atoms with Gasteiger partial charge in [0.15, 0.2) is 17.4 Å². The zero-order valence-corrected chi connectivity index (χ0v) is 24.0. The molecule has 0 spiro atoms. The Labute approximate surface area is 252 Å². The molecule has 2 aromatic heterocycles. The van der Waals surface area contributed by atoms with Gasteiger partial charge in [0.25, 0.3) is 5.91 Å². The van der Waals surface area contributed by atoms with E-state index >= 15 is 0 Å². The van der Waals surface area contributed by atoms with Crippen LogP contribution in [0.5, 0.6) is 5.75 Å². The van der Waals surface area contributed by atoms with E-state index in [9.17, 15) is 29.6 Å². The Bertz CT molecular complexity index is 1390. The van der Waals surface area contributed by atoms with Gasteiger partial charge >= 0.3 is 0 Å². The zero-order valence-electron chi connectivity index (χ0n) is 23.3. The molecule has 1 fully saturated rings. The second-order valence-electron chi connectivity index (χ2n) is 9.80. The summed E-state index contributed by atoms with van der Waals surface area (Å²) in [6.45, 7) is 0.848. The molecule has 1 aliphatic heterocycles. The quantitative estimate of drug-likeness (QED) is 0.135. The van der Waals surface area contributed by atoms with Crippen molar-refractivity contribution in [3.05, 3.63) is 59.3 Å². The molecule has 1 saturated heterocycles. The SMILES string of the molecule is COc1cnc(-c2cc(Cl)ccc2F)nc1Nc1ccncc1C(=O)NCCCNCCC1OC(CO)C(O)C(O)C1O. The molecule has 43 heavy (non-hydrogen) atoms. The van der Waals surface area contributed by atoms with Crippen molar-refractivity contribution in [2.45, 2.75) is 43.4 Å². The summed E-state index contributed by atoms with van der Waals surface area (Å²) in [6, 6.07) is 5.65. The van der Waals surface area contributed by atoms with E-state index in [1.54, 1.807) is 6.07 Å². The molecular weight excluding hydrogens is 587 g/mol. The number of carbonyl (C=O) groups excluding carboxylic acids is 1. The third-order valence-electron chi connectivity index (χ3n) is 6.88. The molecular formula is C28H34ClFN6O7. The summed E-state index contributed by atoms with van der Waals surface area (Å²) >= 11 is 6.03. The van der Waals surface area contributed by atoms with Gasteiger partial charge in [0.2, 0.25) is 0 Å². The number of pyridine rings is 1. The molecule has 0 saturated carbocycles. The van der Waals surface area contributed by atoms with Gasteiger partial charge in [0, 0.05) is 24.0 Å². The summed E-state index contributed by atoms with van der Waals surface area (Å²) < 4.78 is 25.3. The average molecular weight is 621 g/mol. The summed E-state index contributed by atoms with van der Waals surface area (Å²) in [5, 5.41) is 48.6. The molecule has 5 atom stereocenters. The number of nitrogens with one attached hydrogen (secondary N) is 3. The van der Waals surface area contributed by atoms with Gasteiger partial charge in [0.1, 0.15) is 30.2 Å². The Morgan fingerprint density at radius 3 is 2.65 bits per heavy atom. The number of amides is 1. The second-order valence-corrected chi connectivity index (χ2v) is 10.2. The first kappa shape index (κ1) is 32.4. The highest BCUT2D eigenvalue weighted by Crippen LogP contribution is 2.30. The van der Waals surface area contributed by atoms with Crippen LogP contribution in [-0.4, -0.2) is 105 Å². The smallest absolute Gasteiger partial charge is 0.254 e. The lowest BCUT2D eigenvalue weighted by Gasteiger charge is -2.40. The van der Waals surface area contributed by atoms with E-state index < -0.39 is 42.9 Å². The number of hydrogen-bond acceptors (Lipinski definition) is 12. The number of aliphatic hydroxyl groups excluding tert-OH is 4. The lowest BCUT2D eigenvalue weighted by atomic mass is 9.93. The fraction of sp³-hybridized carbons (Fsp3) is 0.429. The Morgan fingerprint density at radius 1 is 1.09 bits per heavy atom. The van der Waals surface area contributed by atoms with Gasteiger partial charge in [-0.05, 0) is 50.2 Å². The number of nitrogens with zero attached hydrogens (tertiary/aromatic N) is 3. The Morgan fingerprint density at radius 2 is 1.88 bits per heavy atom. The summed E-state index contributed by atoms with van der Waals surface area (Å²) in [4.78, 5) is 25.6. The lowest BCUT2D eigenvalue weighted by Crippen LogP contribution is -2.58. The van der Waals surface area contributed by atoms with Gasteiger partial charge < -0.3 is 45.9 Å². The van der Waals surface area contributed by atoms with Crippen LogP contribution in [0, 0.1) is 5.82 Å². The fourth-order valence-electron chi connectivity index (χ4n) is 4.52. The minimum absolute atomic E-state index is 0.0717. The maximum Gasteiger partial charge on any atom is 0.254 e. The van der Waals surface area contributed by atoms with Gasteiger partial charge in [-0.15, -0.1) is 0 Å². The molecule has 0 bridgehead atoms. The van der Waals surface area contributed by atoms with Crippen LogP contribution in [0.2, 0.25) is 5.02 Å². The van der Waals surface area contributed by atoms with Crippen molar-refractivity contribution in [2.75, 3.05) is 38.7 Å². The van der Waals surface area contributed by atoms with Crippen LogP contribution in [0.1, 0.15) is 23.2 Å². The minimum Gasteiger partial charge on any atom is -0.491 e. The monoisotopic (exact) mass is 620 g/mol. The Kier molecular flexibility index (Phi) is 11.5. The molecule has 5 unspecified atom stereocenters. The van der Waals surface area contributed by atoms with Crippen LogP contribution < -0.4 is 20.7 Å². The largest absolute Gasteiger partial charge is 0.491 e. The van der Waals surface area contributed by atoms with E-state index in [0.29, 0.717) is 43.2 Å². The van der Waals surface area contributed by atoms with E-state index in [4.69, 9.17) is 21.1 Å². The van der Waals surface area contributed by atoms with Crippen molar-refractivity contribution in [1.29, 1.82) is 0 Å². The average Bonchev–Trinajstić information content (AvgIpc) is 3.01. The maximum absolute atomic E-state index is 14.4. The predicted molar refractivity (Wildman–Crippen MR) is 155 cm³/mol. The van der Waals surface area contributed by atoms with Crippen molar-refractivity contribution >= 4 is 29.0 Å². The third kappa shape index (κ3) is 8.12. The summed E-state index contributed by atoms with van der Waals surface area (Å²) in [5.41, 5.74) is 0.738. The molecule has 3 heterocycles. The van der Waals surface area contributed by atoms with E-state index in [0.717, 1.165) is 0 Å². The minimum atomic E-state index is -1.40. The number of anilines is 2. The van der Waals surface area contributed by atoms with Gasteiger partial charge in [-0.25, -0.2) is 14.4 Å². The molecule has 3 aromatic rings. The molecule has 1 amide bonds. The number of methoxy groups -OCH3 is 1. The molecule has 0 aliphatic carbocycles. The number of ether oxygens (including phenoxy) is 2. The first-order chi connectivity index (χ1) is 20.7. The highest BCUT2D eigenvalue weighted by atomic mass is 35.5. The van der Waals surface area contributed by atoms with Crippen LogP contribution in [0.15, 0.2) is 42.9 Å². The Hall–Kier alpha value is -3.50. The zero-order chi connectivity index (χ0) is 30.9. The maximum atomic E-state index is 14.4. The fourth-order valence-corrected chi connectivity index (χ4v) is 4.69. The molecule has 1 aromatic carbocycles. The summed E-state index contributed by atoms with van der Waals surface area (Å²) in [6.07, 6.45) is -0.519. The highest BCUT2D eigenvalue weighted by molar-refractivity contribution is 6.30. The van der Waals surface area contributed by atoms with E-state index in [2.05, 4.69) is 30.9 Å². The second kappa shape index (κ2) is 15.3. The standard InChI is InChI=1S/C28H34ClFN6O7/c1-42-21-13-34-26(16-11-15(29)3-4-18(16)30)36-27(21)35-19-5-9-32-12-17(19)28(41)33-8-2-7-31-10-6-20-23(38)25(40)24(39)22(14-37)43-20/h3-5,9,11-13,20,22-25,31,37-40H,2,6-8,10,14H2,1H3,(H,33,41)(H,32,34,35,36). The molecule has 0 radical (unpaired) electrons. The van der Waals surface area contributed by atoms with E-state index in [1.165, 1.54) is 43.9 Å². The first-order valence-electron chi connectivity index (χ1n) is 13.6. The molecule has 13 nitrogen and oxygen atoms in total. The molecule has 4 rings (SSSR count). The number of halogens is 2. The lowest BCUT2D eigenvalue weighted by molar-refractivity contribution is -0.229. The molecule has 1 aliphatic rings. The Balaban J connectivity index is 1.30. The van der Waals surface area contributed by atoms with Gasteiger partial charge in [-0.3, -0.25) is 9.78 Å². The predicted octanol–water partition coefficient (Wildman–Crippen LogP) is 1.03. The van der Waals surface area contributed by atoms with Crippen LogP contribution >= 0.6 is 11.6 Å². The third-order valence-corrected chi connectivity index (χ3v) is 7.11. The van der Waals surface area contributed by atoms with Crippen molar-refractivity contribution in [2.24, 2.45) is 0 Å². The molecule has 7 N–H and O–H groups in total. The summed E-state index contributed by atoms with van der Waals surface area (Å²) in [7, 11) is 1.43. The first-order valence-corrected chi connectivity index (χ1v) is 14.0. The van der Waals surface area contributed by atoms with Crippen molar-refractivity contribution in [3.63, 3.8) is 0 Å². The van der Waals surface area contributed by atoms with Gasteiger partial charge in [-0.1, -0.05) is 11.6 Å². The van der Waals surface area contributed by atoms with Gasteiger partial charge in [0.05, 0.1) is 42.8 Å². The van der Waals surface area contributed by atoms with Crippen molar-refractivity contribution in [3.8, 4) is 17.1 Å². The van der Waals surface area contributed by atoms with Crippen LogP contribution in [0.25, 0.3) is 11.4 Å². The topological polar surface area (TPSA) is 191 Å². The number of benzene rings is 1. The van der Waals surface area contributed by atoms with E-state index in [1.807, 2.05) is 0 Å². The van der Waals surface area contributed by atoms with Crippen molar-refractivity contribution < 1.29 is 39.1 Å². The van der Waals surface area contributed by atoms with Crippen LogP contribution in [0.4, 0.5) is 15.9 Å². The highest BCUT2D eigenvalue weighted by Gasteiger charge is 2.42. The summed E-state index contributed by atoms with van der Waals surface area (Å²) in [5.74, 6) is -0.388. The number of aliphatic hydroxyl groups is 4. The van der Waals surface area contributed by atoms with Gasteiger partial charge in [-0.2, -0.15) is 0 Å². The normalized spacial score (nSPS) is 21.8. The number of rotatable bonds is 13. The number of aromatic nitrogens is 3. The number of hydrogen-bond donors (Lipinski definition) is 7. The van der Waals surface area contributed by atoms with Crippen LogP contribution in [0.3, 0.4) is 0 Å². The number of carbonyl (C=O) groups is 1. The molecule has 232 valence electrons. The van der Waals surface area contributed by atoms with E-state index in [-0.39, 0.29) is 34.4 Å². The molecule has 15 heteroatoms. The van der Waals surface area contributed by atoms with Crippen molar-refractivity contribution in [1.82, 2.24) is 25.6 Å². The van der Waals surface area contributed by atoms with Crippen LogP contribution in [-0.2, 0) is 4.74 Å².